The van der Waals surface area contributed by atoms with E-state index in [0.717, 1.165) is 10.2 Å². The van der Waals surface area contributed by atoms with E-state index in [-0.39, 0.29) is 0 Å². The summed E-state index contributed by atoms with van der Waals surface area (Å²) in [6.07, 6.45) is 0. The molecule has 2 aromatic rings. The Hall–Kier alpha value is -1.47. The molecule has 5 nitrogen and oxygen atoms in total. The van der Waals surface area contributed by atoms with Gasteiger partial charge < -0.3 is 5.73 Å². The number of benzene rings is 1. The van der Waals surface area contributed by atoms with Gasteiger partial charge in [0.25, 0.3) is 0 Å². The Morgan fingerprint density at radius 2 is 2.21 bits per heavy atom. The third kappa shape index (κ3) is 1.73. The van der Waals surface area contributed by atoms with E-state index in [9.17, 15) is 8.42 Å². The van der Waals surface area contributed by atoms with Crippen LogP contribution < -0.4 is 5.73 Å². The Bertz CT molecular complexity index is 607. The summed E-state index contributed by atoms with van der Waals surface area (Å²) in [5, 5.41) is 0.459. The average Bonchev–Trinajstić information content (AvgIpc) is 2.42. The summed E-state index contributed by atoms with van der Waals surface area (Å²) in [5.41, 5.74) is 6.63. The molecule has 2 N–H and O–H groups in total. The molecule has 0 unspecified atom stereocenters. The summed E-state index contributed by atoms with van der Waals surface area (Å²) in [7, 11) is -2.42. The predicted octanol–water partition coefficient (Wildman–Crippen LogP) is 1.57. The van der Waals surface area contributed by atoms with Crippen molar-refractivity contribution < 1.29 is 8.42 Å². The monoisotopic (exact) mass is 227 g/mol. The first-order chi connectivity index (χ1) is 6.65. The summed E-state index contributed by atoms with van der Waals surface area (Å²) >= 11 is 1.30. The Balaban J connectivity index is 2.67. The first-order valence-electron chi connectivity index (χ1n) is 3.62. The highest BCUT2D eigenvalue weighted by molar-refractivity contribution is 7.61. The molecule has 1 heterocycles. The molecule has 1 aromatic heterocycles. The molecule has 2 rings (SSSR count). The lowest BCUT2D eigenvalue weighted by molar-refractivity contribution is 0.622. The predicted molar refractivity (Wildman–Crippen MR) is 55.0 cm³/mol. The van der Waals surface area contributed by atoms with Crippen LogP contribution in [0.4, 0.5) is 10.8 Å². The van der Waals surface area contributed by atoms with Gasteiger partial charge in [-0.1, -0.05) is 11.3 Å². The molecule has 0 saturated heterocycles. The number of fused-ring (bicyclic) bond motifs is 1. The summed E-state index contributed by atoms with van der Waals surface area (Å²) in [5.74, 6) is 0. The van der Waals surface area contributed by atoms with Crippen LogP contribution in [0.1, 0.15) is 0 Å². The minimum Gasteiger partial charge on any atom is -0.375 e. The van der Waals surface area contributed by atoms with Crippen LogP contribution in [0.5, 0.6) is 0 Å². The van der Waals surface area contributed by atoms with Crippen LogP contribution in [0.15, 0.2) is 22.6 Å². The highest BCUT2D eigenvalue weighted by Gasteiger charge is 2.01. The van der Waals surface area contributed by atoms with Gasteiger partial charge in [-0.15, -0.1) is 4.36 Å². The number of nitrogen functional groups attached to an aromatic ring is 1. The smallest absolute Gasteiger partial charge is 0.316 e. The molecule has 0 saturated carbocycles. The molecule has 0 radical (unpaired) electrons. The molecular formula is C7H5N3O2S2. The van der Waals surface area contributed by atoms with Crippen molar-refractivity contribution in [3.63, 3.8) is 0 Å². The lowest BCUT2D eigenvalue weighted by Gasteiger charge is -1.88. The minimum atomic E-state index is -2.42. The van der Waals surface area contributed by atoms with Crippen molar-refractivity contribution in [3.05, 3.63) is 18.2 Å². The molecule has 0 spiro atoms. The number of aromatic nitrogens is 1. The fourth-order valence-corrected chi connectivity index (χ4v) is 2.13. The first-order valence-corrected chi connectivity index (χ1v) is 5.47. The number of thiazole rings is 1. The number of anilines is 1. The van der Waals surface area contributed by atoms with E-state index >= 15 is 0 Å². The van der Waals surface area contributed by atoms with Gasteiger partial charge in [0.15, 0.2) is 5.13 Å². The third-order valence-corrected chi connectivity index (χ3v) is 2.78. The van der Waals surface area contributed by atoms with Gasteiger partial charge in [0.05, 0.1) is 15.9 Å². The molecule has 0 atom stereocenters. The number of hydrogen-bond acceptors (Lipinski definition) is 6. The summed E-state index contributed by atoms with van der Waals surface area (Å²) < 4.78 is 24.8. The molecule has 72 valence electrons. The minimum absolute atomic E-state index is 0.384. The summed E-state index contributed by atoms with van der Waals surface area (Å²) in [6, 6.07) is 4.91. The second-order valence-corrected chi connectivity index (χ2v) is 4.19. The van der Waals surface area contributed by atoms with Crippen LogP contribution in [0.2, 0.25) is 0 Å². The van der Waals surface area contributed by atoms with Crippen LogP contribution in [-0.2, 0) is 10.5 Å². The Morgan fingerprint density at radius 1 is 1.43 bits per heavy atom. The van der Waals surface area contributed by atoms with E-state index in [4.69, 9.17) is 5.73 Å². The van der Waals surface area contributed by atoms with Gasteiger partial charge in [-0.05, 0) is 18.2 Å². The highest BCUT2D eigenvalue weighted by atomic mass is 32.2. The quantitative estimate of drug-likeness (QED) is 0.801. The normalized spacial score (nSPS) is 10.3. The van der Waals surface area contributed by atoms with Gasteiger partial charge in [0.2, 0.25) is 0 Å². The molecule has 14 heavy (non-hydrogen) atoms. The largest absolute Gasteiger partial charge is 0.375 e. The molecular weight excluding hydrogens is 222 g/mol. The fourth-order valence-electron chi connectivity index (χ4n) is 1.07. The van der Waals surface area contributed by atoms with Crippen LogP contribution in [-0.4, -0.2) is 13.4 Å². The molecule has 0 amide bonds. The molecule has 0 fully saturated rings. The van der Waals surface area contributed by atoms with Crippen molar-refractivity contribution in [1.29, 1.82) is 0 Å². The Labute approximate surface area is 84.9 Å². The number of nitrogens with zero attached hydrogens (tertiary/aromatic N) is 2. The highest BCUT2D eigenvalue weighted by Crippen LogP contribution is 2.27. The zero-order valence-corrected chi connectivity index (χ0v) is 8.47. The second-order valence-electron chi connectivity index (χ2n) is 2.51. The van der Waals surface area contributed by atoms with Crippen molar-refractivity contribution in [3.8, 4) is 0 Å². The Morgan fingerprint density at radius 3 is 2.93 bits per heavy atom. The van der Waals surface area contributed by atoms with Gasteiger partial charge in [-0.3, -0.25) is 0 Å². The number of rotatable bonds is 1. The lowest BCUT2D eigenvalue weighted by atomic mass is 10.3. The van der Waals surface area contributed by atoms with E-state index in [1.165, 1.54) is 11.3 Å². The van der Waals surface area contributed by atoms with E-state index < -0.39 is 10.5 Å². The molecule has 0 aliphatic carbocycles. The van der Waals surface area contributed by atoms with Gasteiger partial charge in [0, 0.05) is 0 Å². The molecule has 7 heteroatoms. The van der Waals surface area contributed by atoms with Crippen molar-refractivity contribution in [2.75, 3.05) is 5.73 Å². The van der Waals surface area contributed by atoms with E-state index in [1.54, 1.807) is 18.2 Å². The molecule has 1 aromatic carbocycles. The van der Waals surface area contributed by atoms with Crippen LogP contribution in [0.25, 0.3) is 10.2 Å². The van der Waals surface area contributed by atoms with Crippen molar-refractivity contribution >= 4 is 42.9 Å². The van der Waals surface area contributed by atoms with Crippen molar-refractivity contribution in [2.45, 2.75) is 0 Å². The maximum atomic E-state index is 10.3. The topological polar surface area (TPSA) is 85.4 Å². The van der Waals surface area contributed by atoms with Gasteiger partial charge in [0.1, 0.15) is 0 Å². The zero-order chi connectivity index (χ0) is 10.1. The number of hydrogen-bond donors (Lipinski definition) is 1. The van der Waals surface area contributed by atoms with Crippen LogP contribution in [0.3, 0.4) is 0 Å². The maximum absolute atomic E-state index is 10.3. The summed E-state index contributed by atoms with van der Waals surface area (Å²) in [6.45, 7) is 0. The van der Waals surface area contributed by atoms with Crippen LogP contribution in [0, 0.1) is 0 Å². The maximum Gasteiger partial charge on any atom is 0.316 e. The van der Waals surface area contributed by atoms with Gasteiger partial charge >= 0.3 is 10.5 Å². The first kappa shape index (κ1) is 9.10. The van der Waals surface area contributed by atoms with Gasteiger partial charge in [-0.2, -0.15) is 8.42 Å². The average molecular weight is 227 g/mol. The zero-order valence-electron chi connectivity index (χ0n) is 6.84. The van der Waals surface area contributed by atoms with Gasteiger partial charge in [-0.25, -0.2) is 4.98 Å². The van der Waals surface area contributed by atoms with E-state index in [1.807, 2.05) is 0 Å². The van der Waals surface area contributed by atoms with Crippen molar-refractivity contribution in [2.24, 2.45) is 4.36 Å². The Kier molecular flexibility index (Phi) is 2.18. The number of nitrogens with two attached hydrogens (primary N) is 1. The van der Waals surface area contributed by atoms with E-state index in [0.29, 0.717) is 10.8 Å². The second kappa shape index (κ2) is 3.35. The SMILES string of the molecule is Nc1nc2ccc(N=S(=O)=O)cc2s1. The standard InChI is InChI=1S/C7H5N3O2S2/c8-7-9-5-2-1-4(10-14(11)12)3-6(5)13-7/h1-3H,(H2,8,9). The fraction of sp³-hybridized carbons (Fsp3) is 0. The molecule has 0 aliphatic heterocycles. The third-order valence-electron chi connectivity index (χ3n) is 1.57. The lowest BCUT2D eigenvalue weighted by Crippen LogP contribution is -1.78. The van der Waals surface area contributed by atoms with E-state index in [2.05, 4.69) is 9.35 Å². The molecule has 0 aliphatic rings. The van der Waals surface area contributed by atoms with Crippen LogP contribution >= 0.6 is 11.3 Å². The molecule has 0 bridgehead atoms. The summed E-state index contributed by atoms with van der Waals surface area (Å²) in [4.78, 5) is 4.03. The van der Waals surface area contributed by atoms with Crippen molar-refractivity contribution in [1.82, 2.24) is 4.98 Å².